The number of hydrogen-bond acceptors (Lipinski definition) is 5. The first-order chi connectivity index (χ1) is 17.8. The number of nitrogens with zero attached hydrogens (tertiary/aromatic N) is 4. The van der Waals surface area contributed by atoms with Crippen molar-refractivity contribution in [2.75, 3.05) is 39.0 Å². The topological polar surface area (TPSA) is 89.0 Å². The zero-order valence-electron chi connectivity index (χ0n) is 22.0. The van der Waals surface area contributed by atoms with Crippen LogP contribution >= 0.6 is 0 Å². The Morgan fingerprint density at radius 3 is 2.38 bits per heavy atom. The van der Waals surface area contributed by atoms with Crippen molar-refractivity contribution in [1.29, 1.82) is 0 Å². The fraction of sp³-hybridized carbons (Fsp3) is 0.552. The van der Waals surface area contributed by atoms with Gasteiger partial charge in [-0.05, 0) is 76.7 Å². The number of aliphatic hydroxyl groups is 1. The number of benzene rings is 1. The third kappa shape index (κ3) is 4.97. The van der Waals surface area contributed by atoms with Crippen LogP contribution in [0.2, 0.25) is 0 Å². The number of hydrogen-bond donors (Lipinski definition) is 2. The van der Waals surface area contributed by atoms with E-state index in [9.17, 15) is 14.7 Å². The van der Waals surface area contributed by atoms with Crippen LogP contribution in [0.15, 0.2) is 54.9 Å². The normalized spacial score (nSPS) is 27.0. The van der Waals surface area contributed by atoms with Crippen molar-refractivity contribution in [2.45, 2.75) is 68.0 Å². The van der Waals surface area contributed by atoms with Crippen molar-refractivity contribution in [3.63, 3.8) is 0 Å². The number of anilines is 1. The molecule has 0 bridgehead atoms. The monoisotopic (exact) mass is 505 g/mol. The highest BCUT2D eigenvalue weighted by Gasteiger charge is 2.56. The van der Waals surface area contributed by atoms with Gasteiger partial charge in [0, 0.05) is 31.2 Å². The van der Waals surface area contributed by atoms with Gasteiger partial charge in [0.15, 0.2) is 0 Å². The number of amides is 3. The summed E-state index contributed by atoms with van der Waals surface area (Å²) in [5.74, 6) is -0.134. The van der Waals surface area contributed by atoms with E-state index in [1.54, 1.807) is 24.5 Å². The van der Waals surface area contributed by atoms with E-state index in [1.165, 1.54) is 5.56 Å². The standard InChI is InChI=1S/C29H39N5O3/c1-32(2)29(23-8-4-3-5-9-23)16-14-27(15-17-29)21-33(26(36)34(27)22-28(37)12-7-13-28)19-11-25(35)31-24-10-6-18-30-20-24/h3-6,8-10,18,20,37H,7,11-17,19,21-22H2,1-2H3,(H,31,35). The number of carbonyl (C=O) groups excluding carboxylic acids is 2. The summed E-state index contributed by atoms with van der Waals surface area (Å²) in [5, 5.41) is 13.9. The number of rotatable bonds is 8. The summed E-state index contributed by atoms with van der Waals surface area (Å²) in [6.07, 6.45) is 9.57. The molecule has 2 heterocycles. The van der Waals surface area contributed by atoms with Gasteiger partial charge in [-0.3, -0.25) is 14.7 Å². The van der Waals surface area contributed by atoms with Crippen molar-refractivity contribution in [1.82, 2.24) is 19.7 Å². The van der Waals surface area contributed by atoms with Crippen LogP contribution in [0.1, 0.15) is 56.9 Å². The molecule has 198 valence electrons. The van der Waals surface area contributed by atoms with Crippen molar-refractivity contribution >= 4 is 17.6 Å². The Labute approximate surface area is 219 Å². The fourth-order valence-electron chi connectivity index (χ4n) is 6.53. The minimum atomic E-state index is -0.786. The number of carbonyl (C=O) groups is 2. The molecule has 5 rings (SSSR count). The third-order valence-electron chi connectivity index (χ3n) is 9.03. The molecule has 2 aliphatic carbocycles. The van der Waals surface area contributed by atoms with Gasteiger partial charge >= 0.3 is 6.03 Å². The number of nitrogens with one attached hydrogen (secondary N) is 1. The smallest absolute Gasteiger partial charge is 0.320 e. The molecule has 3 amide bonds. The maximum atomic E-state index is 13.7. The zero-order chi connectivity index (χ0) is 26.1. The molecule has 1 aromatic heterocycles. The van der Waals surface area contributed by atoms with E-state index < -0.39 is 5.60 Å². The molecule has 0 atom stereocenters. The Kier molecular flexibility index (Phi) is 6.98. The minimum Gasteiger partial charge on any atom is -0.388 e. The number of urea groups is 1. The van der Waals surface area contributed by atoms with Crippen LogP contribution in [-0.2, 0) is 10.3 Å². The molecule has 1 aromatic carbocycles. The van der Waals surface area contributed by atoms with E-state index in [4.69, 9.17) is 0 Å². The van der Waals surface area contributed by atoms with Crippen LogP contribution in [0.3, 0.4) is 0 Å². The highest BCUT2D eigenvalue weighted by molar-refractivity contribution is 5.91. The minimum absolute atomic E-state index is 0.0495. The largest absolute Gasteiger partial charge is 0.388 e. The van der Waals surface area contributed by atoms with Gasteiger partial charge in [0.25, 0.3) is 0 Å². The highest BCUT2D eigenvalue weighted by atomic mass is 16.3. The molecule has 2 aromatic rings. The molecule has 2 N–H and O–H groups in total. The first-order valence-electron chi connectivity index (χ1n) is 13.5. The molecule has 1 saturated heterocycles. The van der Waals surface area contributed by atoms with Gasteiger partial charge in [0.1, 0.15) is 0 Å². The van der Waals surface area contributed by atoms with E-state index in [0.717, 1.165) is 44.9 Å². The van der Waals surface area contributed by atoms with E-state index in [-0.39, 0.29) is 29.4 Å². The van der Waals surface area contributed by atoms with Crippen LogP contribution in [-0.4, -0.2) is 81.6 Å². The van der Waals surface area contributed by atoms with E-state index in [2.05, 4.69) is 59.6 Å². The number of pyridine rings is 1. The predicted molar refractivity (Wildman–Crippen MR) is 143 cm³/mol. The zero-order valence-corrected chi connectivity index (χ0v) is 22.0. The fourth-order valence-corrected chi connectivity index (χ4v) is 6.53. The Hall–Kier alpha value is -2.97. The summed E-state index contributed by atoms with van der Waals surface area (Å²) in [6.45, 7) is 1.34. The summed E-state index contributed by atoms with van der Waals surface area (Å²) >= 11 is 0. The van der Waals surface area contributed by atoms with Gasteiger partial charge in [-0.1, -0.05) is 30.3 Å². The van der Waals surface area contributed by atoms with Crippen LogP contribution in [0.4, 0.5) is 10.5 Å². The van der Waals surface area contributed by atoms with Crippen LogP contribution in [0, 0.1) is 0 Å². The molecule has 8 heteroatoms. The lowest BCUT2D eigenvalue weighted by Crippen LogP contribution is -2.59. The lowest BCUT2D eigenvalue weighted by Gasteiger charge is -2.52. The maximum Gasteiger partial charge on any atom is 0.320 e. The van der Waals surface area contributed by atoms with Crippen molar-refractivity contribution in [2.24, 2.45) is 0 Å². The summed E-state index contributed by atoms with van der Waals surface area (Å²) < 4.78 is 0. The molecule has 1 aliphatic heterocycles. The van der Waals surface area contributed by atoms with Gasteiger partial charge in [-0.2, -0.15) is 0 Å². The molecule has 0 radical (unpaired) electrons. The summed E-state index contributed by atoms with van der Waals surface area (Å²) in [6, 6.07) is 14.2. The average Bonchev–Trinajstić information content (AvgIpc) is 3.13. The van der Waals surface area contributed by atoms with Crippen LogP contribution < -0.4 is 5.32 Å². The first kappa shape index (κ1) is 25.7. The van der Waals surface area contributed by atoms with Gasteiger partial charge in [0.05, 0.1) is 29.6 Å². The third-order valence-corrected chi connectivity index (χ3v) is 9.03. The van der Waals surface area contributed by atoms with Gasteiger partial charge < -0.3 is 20.2 Å². The van der Waals surface area contributed by atoms with Gasteiger partial charge in [-0.25, -0.2) is 4.79 Å². The second-order valence-corrected chi connectivity index (χ2v) is 11.4. The highest BCUT2D eigenvalue weighted by Crippen LogP contribution is 2.50. The molecule has 3 fully saturated rings. The Balaban J connectivity index is 1.32. The Morgan fingerprint density at radius 1 is 1.05 bits per heavy atom. The molecule has 1 spiro atoms. The first-order valence-corrected chi connectivity index (χ1v) is 13.5. The SMILES string of the molecule is CN(C)C1(c2ccccc2)CCC2(CC1)CN(CCC(=O)Nc1cccnc1)C(=O)N2CC1(O)CCC1. The summed E-state index contributed by atoms with van der Waals surface area (Å²) in [5.41, 5.74) is 0.777. The molecule has 8 nitrogen and oxygen atoms in total. The average molecular weight is 506 g/mol. The Bertz CT molecular complexity index is 1100. The van der Waals surface area contributed by atoms with E-state index in [1.807, 2.05) is 9.80 Å². The Morgan fingerprint density at radius 2 is 1.78 bits per heavy atom. The maximum absolute atomic E-state index is 13.7. The van der Waals surface area contributed by atoms with Crippen molar-refractivity contribution in [3.8, 4) is 0 Å². The lowest BCUT2D eigenvalue weighted by atomic mass is 9.67. The van der Waals surface area contributed by atoms with Crippen molar-refractivity contribution < 1.29 is 14.7 Å². The van der Waals surface area contributed by atoms with Crippen molar-refractivity contribution in [3.05, 3.63) is 60.4 Å². The van der Waals surface area contributed by atoms with Gasteiger partial charge in [0.2, 0.25) is 5.91 Å². The molecule has 37 heavy (non-hydrogen) atoms. The van der Waals surface area contributed by atoms with E-state index in [0.29, 0.717) is 25.3 Å². The summed E-state index contributed by atoms with van der Waals surface area (Å²) in [7, 11) is 4.29. The molecular weight excluding hydrogens is 466 g/mol. The van der Waals surface area contributed by atoms with Gasteiger partial charge in [-0.15, -0.1) is 0 Å². The quantitative estimate of drug-likeness (QED) is 0.569. The lowest BCUT2D eigenvalue weighted by molar-refractivity contribution is -0.116. The van der Waals surface area contributed by atoms with Crippen LogP contribution in [0.25, 0.3) is 0 Å². The second kappa shape index (κ2) is 10.1. The molecule has 2 saturated carbocycles. The predicted octanol–water partition coefficient (Wildman–Crippen LogP) is 3.83. The second-order valence-electron chi connectivity index (χ2n) is 11.4. The number of aromatic nitrogens is 1. The van der Waals surface area contributed by atoms with Crippen LogP contribution in [0.5, 0.6) is 0 Å². The van der Waals surface area contributed by atoms with E-state index >= 15 is 0 Å². The summed E-state index contributed by atoms with van der Waals surface area (Å²) in [4.78, 5) is 36.5. The number of β-amino-alcohol motifs (C(OH)–C–C–N with tert-alkyl or cyclic N) is 1. The molecule has 0 unspecified atom stereocenters. The molecule has 3 aliphatic rings. The molecular formula is C29H39N5O3.